The topological polar surface area (TPSA) is 21.3 Å². The van der Waals surface area contributed by atoms with Crippen molar-refractivity contribution in [2.75, 3.05) is 14.2 Å². The Kier molecular flexibility index (Phi) is 4.86. The Hall–Kier alpha value is -1.03. The molecule has 0 saturated heterocycles. The second-order valence-electron chi connectivity index (χ2n) is 4.17. The van der Waals surface area contributed by atoms with Crippen LogP contribution in [0.5, 0.6) is 5.75 Å². The molecule has 0 fully saturated rings. The van der Waals surface area contributed by atoms with E-state index in [2.05, 4.69) is 33.4 Å². The highest BCUT2D eigenvalue weighted by Gasteiger charge is 2.13. The zero-order chi connectivity index (χ0) is 13.8. The highest BCUT2D eigenvalue weighted by molar-refractivity contribution is 9.10. The second-order valence-corrected chi connectivity index (χ2v) is 5.43. The van der Waals surface area contributed by atoms with Crippen LogP contribution in [0.1, 0.15) is 17.2 Å². The second kappa shape index (κ2) is 6.42. The van der Waals surface area contributed by atoms with Crippen LogP contribution < -0.4 is 10.1 Å². The minimum Gasteiger partial charge on any atom is -0.497 e. The maximum absolute atomic E-state index is 6.03. The highest BCUT2D eigenvalue weighted by atomic mass is 79.9. The van der Waals surface area contributed by atoms with Crippen molar-refractivity contribution < 1.29 is 4.74 Å². The Morgan fingerprint density at radius 2 is 1.74 bits per heavy atom. The maximum Gasteiger partial charge on any atom is 0.118 e. The Bertz CT molecular complexity index is 557. The molecule has 0 aliphatic rings. The van der Waals surface area contributed by atoms with Crippen LogP contribution in [0.3, 0.4) is 0 Å². The van der Waals surface area contributed by atoms with Crippen LogP contribution >= 0.6 is 27.5 Å². The summed E-state index contributed by atoms with van der Waals surface area (Å²) in [5, 5.41) is 4.03. The van der Waals surface area contributed by atoms with Gasteiger partial charge in [-0.05, 0) is 58.4 Å². The van der Waals surface area contributed by atoms with Crippen molar-refractivity contribution in [1.82, 2.24) is 5.32 Å². The first-order valence-electron chi connectivity index (χ1n) is 5.92. The summed E-state index contributed by atoms with van der Waals surface area (Å²) < 4.78 is 6.08. The van der Waals surface area contributed by atoms with E-state index < -0.39 is 0 Å². The normalized spacial score (nSPS) is 12.2. The van der Waals surface area contributed by atoms with Gasteiger partial charge in [-0.2, -0.15) is 0 Å². The fourth-order valence-electron chi connectivity index (χ4n) is 2.01. The molecule has 0 aliphatic carbocycles. The molecule has 0 saturated carbocycles. The summed E-state index contributed by atoms with van der Waals surface area (Å²) in [5.41, 5.74) is 2.33. The number of hydrogen-bond donors (Lipinski definition) is 1. The van der Waals surface area contributed by atoms with E-state index in [-0.39, 0.29) is 6.04 Å². The molecule has 0 aliphatic heterocycles. The van der Waals surface area contributed by atoms with E-state index in [4.69, 9.17) is 16.3 Å². The third-order valence-electron chi connectivity index (χ3n) is 3.01. The van der Waals surface area contributed by atoms with Gasteiger partial charge in [-0.1, -0.05) is 29.8 Å². The molecule has 2 nitrogen and oxygen atoms in total. The molecule has 1 unspecified atom stereocenters. The molecule has 2 aromatic carbocycles. The summed E-state index contributed by atoms with van der Waals surface area (Å²) in [4.78, 5) is 0. The molecule has 2 aromatic rings. The molecule has 4 heteroatoms. The molecule has 100 valence electrons. The van der Waals surface area contributed by atoms with Crippen molar-refractivity contribution in [2.45, 2.75) is 6.04 Å². The molecule has 0 radical (unpaired) electrons. The Morgan fingerprint density at radius 3 is 2.26 bits per heavy atom. The maximum atomic E-state index is 6.03. The Morgan fingerprint density at radius 1 is 1.11 bits per heavy atom. The average Bonchev–Trinajstić information content (AvgIpc) is 2.44. The lowest BCUT2D eigenvalue weighted by molar-refractivity contribution is 0.414. The van der Waals surface area contributed by atoms with Crippen LogP contribution in [0.15, 0.2) is 46.9 Å². The van der Waals surface area contributed by atoms with Gasteiger partial charge >= 0.3 is 0 Å². The van der Waals surface area contributed by atoms with Crippen LogP contribution in [0.25, 0.3) is 0 Å². The molecule has 0 spiro atoms. The molecule has 1 atom stereocenters. The standard InChI is InChI=1S/C15H15BrClNO/c1-18-15(10-3-6-12(19-2)7-4-10)11-5-8-14(17)13(16)9-11/h3-9,15,18H,1-2H3. The SMILES string of the molecule is CNC(c1ccc(OC)cc1)c1ccc(Cl)c(Br)c1. The monoisotopic (exact) mass is 339 g/mol. The third kappa shape index (κ3) is 3.30. The Labute approximate surface area is 126 Å². The average molecular weight is 341 g/mol. The van der Waals surface area contributed by atoms with Gasteiger partial charge in [0.2, 0.25) is 0 Å². The first-order chi connectivity index (χ1) is 9.15. The number of nitrogens with one attached hydrogen (secondary N) is 1. The number of halogens is 2. The van der Waals surface area contributed by atoms with Gasteiger partial charge < -0.3 is 10.1 Å². The molecular formula is C15H15BrClNO. The smallest absolute Gasteiger partial charge is 0.118 e. The van der Waals surface area contributed by atoms with Crippen LogP contribution in [-0.4, -0.2) is 14.2 Å². The first kappa shape index (κ1) is 14.4. The van der Waals surface area contributed by atoms with E-state index in [9.17, 15) is 0 Å². The van der Waals surface area contributed by atoms with Crippen molar-refractivity contribution in [3.8, 4) is 5.75 Å². The minimum absolute atomic E-state index is 0.125. The van der Waals surface area contributed by atoms with Crippen LogP contribution in [0, 0.1) is 0 Å². The van der Waals surface area contributed by atoms with E-state index in [1.165, 1.54) is 5.56 Å². The minimum atomic E-state index is 0.125. The largest absolute Gasteiger partial charge is 0.497 e. The molecular weight excluding hydrogens is 326 g/mol. The quantitative estimate of drug-likeness (QED) is 0.889. The molecule has 1 N–H and O–H groups in total. The highest BCUT2D eigenvalue weighted by Crippen LogP contribution is 2.29. The summed E-state index contributed by atoms with van der Waals surface area (Å²) in [5.74, 6) is 0.857. The fourth-order valence-corrected chi connectivity index (χ4v) is 2.53. The van der Waals surface area contributed by atoms with Crippen LogP contribution in [-0.2, 0) is 0 Å². The Balaban J connectivity index is 2.34. The van der Waals surface area contributed by atoms with Gasteiger partial charge in [-0.15, -0.1) is 0 Å². The predicted octanol–water partition coefficient (Wildman–Crippen LogP) is 4.42. The van der Waals surface area contributed by atoms with E-state index in [1.54, 1.807) is 7.11 Å². The van der Waals surface area contributed by atoms with Gasteiger partial charge in [0, 0.05) is 4.47 Å². The lowest BCUT2D eigenvalue weighted by atomic mass is 9.99. The summed E-state index contributed by atoms with van der Waals surface area (Å²) in [6.07, 6.45) is 0. The first-order valence-corrected chi connectivity index (χ1v) is 7.09. The van der Waals surface area contributed by atoms with Gasteiger partial charge in [-0.25, -0.2) is 0 Å². The van der Waals surface area contributed by atoms with Gasteiger partial charge in [0.15, 0.2) is 0 Å². The van der Waals surface area contributed by atoms with Gasteiger partial charge in [0.1, 0.15) is 5.75 Å². The van der Waals surface area contributed by atoms with Crippen molar-refractivity contribution in [2.24, 2.45) is 0 Å². The predicted molar refractivity (Wildman–Crippen MR) is 83.0 cm³/mol. The van der Waals surface area contributed by atoms with E-state index in [0.717, 1.165) is 15.8 Å². The van der Waals surface area contributed by atoms with Crippen LogP contribution in [0.4, 0.5) is 0 Å². The summed E-state index contributed by atoms with van der Waals surface area (Å²) in [6, 6.07) is 14.1. The zero-order valence-electron chi connectivity index (χ0n) is 10.8. The van der Waals surface area contributed by atoms with E-state index in [0.29, 0.717) is 5.02 Å². The number of rotatable bonds is 4. The summed E-state index contributed by atoms with van der Waals surface area (Å²) >= 11 is 9.49. The van der Waals surface area contributed by atoms with Gasteiger partial charge in [0.25, 0.3) is 0 Å². The fraction of sp³-hybridized carbons (Fsp3) is 0.200. The molecule has 0 heterocycles. The van der Waals surface area contributed by atoms with E-state index >= 15 is 0 Å². The van der Waals surface area contributed by atoms with E-state index in [1.807, 2.05) is 37.4 Å². The number of benzene rings is 2. The van der Waals surface area contributed by atoms with Crippen molar-refractivity contribution in [3.63, 3.8) is 0 Å². The van der Waals surface area contributed by atoms with Crippen LogP contribution in [0.2, 0.25) is 5.02 Å². The summed E-state index contributed by atoms with van der Waals surface area (Å²) in [7, 11) is 3.61. The molecule has 0 aromatic heterocycles. The lowest BCUT2D eigenvalue weighted by Crippen LogP contribution is -2.17. The zero-order valence-corrected chi connectivity index (χ0v) is 13.1. The molecule has 2 rings (SSSR count). The van der Waals surface area contributed by atoms with Crippen molar-refractivity contribution in [1.29, 1.82) is 0 Å². The molecule has 0 amide bonds. The third-order valence-corrected chi connectivity index (χ3v) is 4.23. The molecule has 0 bridgehead atoms. The number of ether oxygens (including phenoxy) is 1. The van der Waals surface area contributed by atoms with Gasteiger partial charge in [-0.3, -0.25) is 0 Å². The lowest BCUT2D eigenvalue weighted by Gasteiger charge is -2.18. The number of methoxy groups -OCH3 is 1. The summed E-state index contributed by atoms with van der Waals surface area (Å²) in [6.45, 7) is 0. The van der Waals surface area contributed by atoms with Crippen molar-refractivity contribution in [3.05, 3.63) is 63.1 Å². The number of hydrogen-bond acceptors (Lipinski definition) is 2. The van der Waals surface area contributed by atoms with Gasteiger partial charge in [0.05, 0.1) is 18.2 Å². The molecule has 19 heavy (non-hydrogen) atoms. The van der Waals surface area contributed by atoms with Crippen molar-refractivity contribution >= 4 is 27.5 Å².